The van der Waals surface area contributed by atoms with Crippen molar-refractivity contribution in [3.05, 3.63) is 51.3 Å². The van der Waals surface area contributed by atoms with Crippen LogP contribution in [0.15, 0.2) is 46.4 Å². The molecule has 0 saturated carbocycles. The third-order valence-corrected chi connectivity index (χ3v) is 4.67. The second-order valence-corrected chi connectivity index (χ2v) is 6.54. The Morgan fingerprint density at radius 1 is 1.28 bits per heavy atom. The van der Waals surface area contributed by atoms with Crippen molar-refractivity contribution < 1.29 is 0 Å². The van der Waals surface area contributed by atoms with E-state index in [1.165, 1.54) is 4.88 Å². The fourth-order valence-electron chi connectivity index (χ4n) is 2.08. The maximum Gasteiger partial charge on any atom is 0.0989 e. The van der Waals surface area contributed by atoms with E-state index in [-0.39, 0.29) is 6.04 Å². The Balaban J connectivity index is 2.11. The second-order valence-electron chi connectivity index (χ2n) is 4.04. The summed E-state index contributed by atoms with van der Waals surface area (Å²) in [7, 11) is 0. The summed E-state index contributed by atoms with van der Waals surface area (Å²) in [5, 5.41) is 5.63. The third-order valence-electron chi connectivity index (χ3n) is 2.95. The van der Waals surface area contributed by atoms with Gasteiger partial charge in [0.2, 0.25) is 0 Å². The number of benzene rings is 1. The van der Waals surface area contributed by atoms with Gasteiger partial charge in [0.05, 0.1) is 21.5 Å². The topological polar surface area (TPSA) is 43.8 Å². The van der Waals surface area contributed by atoms with Gasteiger partial charge >= 0.3 is 0 Å². The highest BCUT2D eigenvalue weighted by Gasteiger charge is 2.16. The van der Waals surface area contributed by atoms with Crippen LogP contribution in [0.4, 0.5) is 0 Å². The summed E-state index contributed by atoms with van der Waals surface area (Å²) in [6, 6.07) is 12.4. The molecule has 3 rings (SSSR count). The zero-order valence-corrected chi connectivity index (χ0v) is 12.0. The van der Waals surface area contributed by atoms with Crippen LogP contribution in [0.5, 0.6) is 0 Å². The highest BCUT2D eigenvalue weighted by Crippen LogP contribution is 2.30. The first-order chi connectivity index (χ1) is 8.79. The minimum atomic E-state index is 0.0983. The highest BCUT2D eigenvalue weighted by molar-refractivity contribution is 9.11. The van der Waals surface area contributed by atoms with Crippen molar-refractivity contribution in [2.45, 2.75) is 6.04 Å². The van der Waals surface area contributed by atoms with Gasteiger partial charge in [0.25, 0.3) is 0 Å². The summed E-state index contributed by atoms with van der Waals surface area (Å²) >= 11 is 5.19. The fraction of sp³-hybridized carbons (Fsp3) is 0.154. The van der Waals surface area contributed by atoms with E-state index in [2.05, 4.69) is 39.2 Å². The quantitative estimate of drug-likeness (QED) is 0.803. The molecule has 0 radical (unpaired) electrons. The number of para-hydroxylation sites is 1. The van der Waals surface area contributed by atoms with Crippen LogP contribution in [0.2, 0.25) is 0 Å². The average Bonchev–Trinajstić information content (AvgIpc) is 2.98. The van der Waals surface area contributed by atoms with Crippen molar-refractivity contribution >= 4 is 38.2 Å². The molecule has 1 unspecified atom stereocenters. The Hall–Kier alpha value is -1.17. The molecule has 0 amide bonds. The second kappa shape index (κ2) is 4.84. The van der Waals surface area contributed by atoms with Crippen molar-refractivity contribution in [3.63, 3.8) is 0 Å². The Kier molecular flexibility index (Phi) is 3.20. The SMILES string of the molecule is NCC(c1ccc(Br)s1)n1ncc2ccccc21. The Morgan fingerprint density at radius 2 is 2.11 bits per heavy atom. The third kappa shape index (κ3) is 1.98. The number of nitrogens with zero attached hydrogens (tertiary/aromatic N) is 2. The maximum atomic E-state index is 5.93. The van der Waals surface area contributed by atoms with Gasteiger partial charge in [0.1, 0.15) is 0 Å². The van der Waals surface area contributed by atoms with Gasteiger partial charge in [-0.05, 0) is 34.1 Å². The van der Waals surface area contributed by atoms with Gasteiger partial charge in [-0.15, -0.1) is 11.3 Å². The lowest BCUT2D eigenvalue weighted by Crippen LogP contribution is -2.20. The van der Waals surface area contributed by atoms with Crippen LogP contribution < -0.4 is 5.73 Å². The summed E-state index contributed by atoms with van der Waals surface area (Å²) in [6.45, 7) is 0.540. The molecule has 92 valence electrons. The molecule has 18 heavy (non-hydrogen) atoms. The normalized spacial score (nSPS) is 13.0. The zero-order chi connectivity index (χ0) is 12.5. The van der Waals surface area contributed by atoms with Crippen LogP contribution in [-0.4, -0.2) is 16.3 Å². The van der Waals surface area contributed by atoms with Crippen LogP contribution in [-0.2, 0) is 0 Å². The van der Waals surface area contributed by atoms with E-state index in [9.17, 15) is 0 Å². The number of aromatic nitrogens is 2. The van der Waals surface area contributed by atoms with Gasteiger partial charge in [0, 0.05) is 16.8 Å². The van der Waals surface area contributed by atoms with E-state index in [0.29, 0.717) is 6.54 Å². The first-order valence-corrected chi connectivity index (χ1v) is 7.28. The molecule has 3 nitrogen and oxygen atoms in total. The van der Waals surface area contributed by atoms with Gasteiger partial charge < -0.3 is 5.73 Å². The predicted molar refractivity (Wildman–Crippen MR) is 78.9 cm³/mol. The summed E-state index contributed by atoms with van der Waals surface area (Å²) in [6.07, 6.45) is 1.89. The van der Waals surface area contributed by atoms with Crippen molar-refractivity contribution in [1.82, 2.24) is 9.78 Å². The maximum absolute atomic E-state index is 5.93. The van der Waals surface area contributed by atoms with Gasteiger partial charge in [-0.2, -0.15) is 5.10 Å². The van der Waals surface area contributed by atoms with Crippen LogP contribution in [0.1, 0.15) is 10.9 Å². The van der Waals surface area contributed by atoms with Crippen molar-refractivity contribution in [3.8, 4) is 0 Å². The highest BCUT2D eigenvalue weighted by atomic mass is 79.9. The lowest BCUT2D eigenvalue weighted by Gasteiger charge is -2.14. The number of halogens is 1. The molecule has 0 aliphatic rings. The molecule has 0 bridgehead atoms. The Bertz CT molecular complexity index is 673. The lowest BCUT2D eigenvalue weighted by atomic mass is 10.2. The molecule has 2 N–H and O–H groups in total. The van der Waals surface area contributed by atoms with Crippen LogP contribution >= 0.6 is 27.3 Å². The fourth-order valence-corrected chi connectivity index (χ4v) is 3.61. The van der Waals surface area contributed by atoms with E-state index in [1.807, 2.05) is 29.1 Å². The molecule has 0 spiro atoms. The van der Waals surface area contributed by atoms with Crippen molar-refractivity contribution in [2.75, 3.05) is 6.54 Å². The van der Waals surface area contributed by atoms with Crippen LogP contribution in [0.3, 0.4) is 0 Å². The molecular formula is C13H12BrN3S. The smallest absolute Gasteiger partial charge is 0.0989 e. The zero-order valence-electron chi connectivity index (χ0n) is 9.58. The van der Waals surface area contributed by atoms with E-state index < -0.39 is 0 Å². The standard InChI is InChI=1S/C13H12BrN3S/c14-13-6-5-12(18-13)11(7-15)17-10-4-2-1-3-9(10)8-16-17/h1-6,8,11H,7,15H2. The minimum Gasteiger partial charge on any atom is -0.328 e. The molecule has 2 heterocycles. The molecule has 0 fully saturated rings. The number of hydrogen-bond donors (Lipinski definition) is 1. The molecule has 3 aromatic rings. The van der Waals surface area contributed by atoms with Crippen LogP contribution in [0.25, 0.3) is 10.9 Å². The van der Waals surface area contributed by atoms with Crippen molar-refractivity contribution in [1.29, 1.82) is 0 Å². The number of hydrogen-bond acceptors (Lipinski definition) is 3. The minimum absolute atomic E-state index is 0.0983. The molecule has 1 atom stereocenters. The molecule has 5 heteroatoms. The largest absolute Gasteiger partial charge is 0.328 e. The summed E-state index contributed by atoms with van der Waals surface area (Å²) in [5.74, 6) is 0. The number of fused-ring (bicyclic) bond motifs is 1. The van der Waals surface area contributed by atoms with E-state index in [0.717, 1.165) is 14.7 Å². The first-order valence-electron chi connectivity index (χ1n) is 5.67. The molecule has 1 aromatic carbocycles. The molecule has 0 aliphatic carbocycles. The van der Waals surface area contributed by atoms with E-state index in [1.54, 1.807) is 11.3 Å². The van der Waals surface area contributed by atoms with E-state index >= 15 is 0 Å². The van der Waals surface area contributed by atoms with Gasteiger partial charge in [-0.1, -0.05) is 18.2 Å². The van der Waals surface area contributed by atoms with Gasteiger partial charge in [0.15, 0.2) is 0 Å². The molecule has 2 aromatic heterocycles. The summed E-state index contributed by atoms with van der Waals surface area (Å²) in [5.41, 5.74) is 7.05. The molecular weight excluding hydrogens is 310 g/mol. The van der Waals surface area contributed by atoms with Gasteiger partial charge in [-0.25, -0.2) is 0 Å². The van der Waals surface area contributed by atoms with Gasteiger partial charge in [-0.3, -0.25) is 4.68 Å². The average molecular weight is 322 g/mol. The monoisotopic (exact) mass is 321 g/mol. The predicted octanol–water partition coefficient (Wildman–Crippen LogP) is 3.41. The Morgan fingerprint density at radius 3 is 2.83 bits per heavy atom. The van der Waals surface area contributed by atoms with Crippen LogP contribution in [0, 0.1) is 0 Å². The molecule has 0 saturated heterocycles. The Labute approximate surface area is 117 Å². The lowest BCUT2D eigenvalue weighted by molar-refractivity contribution is 0.557. The number of thiophene rings is 1. The summed E-state index contributed by atoms with van der Waals surface area (Å²) in [4.78, 5) is 1.22. The number of rotatable bonds is 3. The van der Waals surface area contributed by atoms with E-state index in [4.69, 9.17) is 5.73 Å². The summed E-state index contributed by atoms with van der Waals surface area (Å²) < 4.78 is 3.13. The van der Waals surface area contributed by atoms with Crippen molar-refractivity contribution in [2.24, 2.45) is 5.73 Å². The molecule has 0 aliphatic heterocycles. The number of nitrogens with two attached hydrogens (primary N) is 1. The first kappa shape index (κ1) is 11.9.